The third kappa shape index (κ3) is 2.73. The third-order valence-corrected chi connectivity index (χ3v) is 7.45. The standard InChI is InChI=1S/C21H34O4/c1-11-9-14(23)18-19(24)17-12(2)13(22)7-8-21(17,5)10-15(25-6)16(11)20(18,3)4/h13-15,17-19,22-24H,2,7-10H2,1,3-6H3/t13-,14-,15-,17-,18-,19-,21-/m0/s1. The molecule has 3 aliphatic rings. The van der Waals surface area contributed by atoms with Gasteiger partial charge in [0, 0.05) is 18.9 Å². The van der Waals surface area contributed by atoms with Gasteiger partial charge in [-0.25, -0.2) is 0 Å². The summed E-state index contributed by atoms with van der Waals surface area (Å²) in [4.78, 5) is 0. The maximum Gasteiger partial charge on any atom is 0.0794 e. The van der Waals surface area contributed by atoms with Crippen LogP contribution >= 0.6 is 0 Å². The molecule has 25 heavy (non-hydrogen) atoms. The van der Waals surface area contributed by atoms with Gasteiger partial charge in [-0.1, -0.05) is 32.9 Å². The molecule has 2 bridgehead atoms. The highest BCUT2D eigenvalue weighted by Crippen LogP contribution is 2.59. The summed E-state index contributed by atoms with van der Waals surface area (Å²) < 4.78 is 5.95. The average Bonchev–Trinajstić information content (AvgIpc) is 2.48. The van der Waals surface area contributed by atoms with Gasteiger partial charge < -0.3 is 20.1 Å². The molecule has 3 aliphatic carbocycles. The van der Waals surface area contributed by atoms with Crippen LogP contribution in [0.4, 0.5) is 0 Å². The largest absolute Gasteiger partial charge is 0.392 e. The molecule has 0 aromatic rings. The zero-order chi connectivity index (χ0) is 18.7. The maximum atomic E-state index is 11.4. The van der Waals surface area contributed by atoms with Crippen molar-refractivity contribution in [3.05, 3.63) is 23.3 Å². The number of rotatable bonds is 1. The van der Waals surface area contributed by atoms with E-state index in [1.165, 1.54) is 11.1 Å². The van der Waals surface area contributed by atoms with Crippen LogP contribution in [0.15, 0.2) is 23.3 Å². The molecule has 0 aromatic carbocycles. The summed E-state index contributed by atoms with van der Waals surface area (Å²) in [5.41, 5.74) is 2.57. The highest BCUT2D eigenvalue weighted by atomic mass is 16.5. The number of hydrogen-bond donors (Lipinski definition) is 3. The first kappa shape index (κ1) is 19.1. The van der Waals surface area contributed by atoms with Crippen LogP contribution in [0.25, 0.3) is 0 Å². The molecule has 0 aliphatic heterocycles. The van der Waals surface area contributed by atoms with Crippen LogP contribution in [0.5, 0.6) is 0 Å². The highest BCUT2D eigenvalue weighted by Gasteiger charge is 2.57. The van der Waals surface area contributed by atoms with Crippen LogP contribution in [0, 0.1) is 22.7 Å². The van der Waals surface area contributed by atoms with Gasteiger partial charge in [-0.2, -0.15) is 0 Å². The molecule has 0 aromatic heterocycles. The van der Waals surface area contributed by atoms with Crippen molar-refractivity contribution in [2.75, 3.05) is 7.11 Å². The van der Waals surface area contributed by atoms with Gasteiger partial charge in [-0.15, -0.1) is 0 Å². The van der Waals surface area contributed by atoms with Gasteiger partial charge in [0.05, 0.1) is 24.4 Å². The smallest absolute Gasteiger partial charge is 0.0794 e. The van der Waals surface area contributed by atoms with E-state index in [2.05, 4.69) is 34.3 Å². The molecular formula is C21H34O4. The quantitative estimate of drug-likeness (QED) is 0.636. The first-order valence-electron chi connectivity index (χ1n) is 9.50. The molecule has 3 rings (SSSR count). The number of fused-ring (bicyclic) bond motifs is 3. The van der Waals surface area contributed by atoms with Crippen molar-refractivity contribution in [1.29, 1.82) is 0 Å². The molecule has 7 atom stereocenters. The molecule has 0 spiro atoms. The minimum atomic E-state index is -0.724. The van der Waals surface area contributed by atoms with Crippen LogP contribution < -0.4 is 0 Å². The predicted octanol–water partition coefficient (Wildman–Crippen LogP) is 2.82. The average molecular weight is 350 g/mol. The Bertz CT molecular complexity index is 593. The van der Waals surface area contributed by atoms with Gasteiger partial charge >= 0.3 is 0 Å². The lowest BCUT2D eigenvalue weighted by molar-refractivity contribution is -0.126. The summed E-state index contributed by atoms with van der Waals surface area (Å²) in [5, 5.41) is 32.7. The number of aliphatic hydroxyl groups is 3. The van der Waals surface area contributed by atoms with Crippen molar-refractivity contribution in [1.82, 2.24) is 0 Å². The van der Waals surface area contributed by atoms with E-state index in [0.717, 1.165) is 12.8 Å². The zero-order valence-electron chi connectivity index (χ0n) is 16.2. The van der Waals surface area contributed by atoms with E-state index >= 15 is 0 Å². The van der Waals surface area contributed by atoms with Gasteiger partial charge in [-0.05, 0) is 54.6 Å². The van der Waals surface area contributed by atoms with Gasteiger partial charge in [-0.3, -0.25) is 0 Å². The Morgan fingerprint density at radius 2 is 1.80 bits per heavy atom. The second-order valence-corrected chi connectivity index (χ2v) is 9.39. The molecule has 2 saturated carbocycles. The number of hydrogen-bond acceptors (Lipinski definition) is 4. The van der Waals surface area contributed by atoms with Crippen molar-refractivity contribution in [2.24, 2.45) is 22.7 Å². The lowest BCUT2D eigenvalue weighted by Crippen LogP contribution is -2.58. The maximum absolute atomic E-state index is 11.4. The Morgan fingerprint density at radius 1 is 1.16 bits per heavy atom. The molecule has 0 amide bonds. The van der Waals surface area contributed by atoms with E-state index in [1.807, 2.05) is 0 Å². The van der Waals surface area contributed by atoms with E-state index in [0.29, 0.717) is 18.4 Å². The topological polar surface area (TPSA) is 69.9 Å². The lowest BCUT2D eigenvalue weighted by atomic mass is 9.50. The van der Waals surface area contributed by atoms with Crippen molar-refractivity contribution in [3.8, 4) is 0 Å². The fourth-order valence-electron chi connectivity index (χ4n) is 6.36. The molecule has 0 unspecified atom stereocenters. The van der Waals surface area contributed by atoms with E-state index < -0.39 is 18.3 Å². The van der Waals surface area contributed by atoms with Crippen molar-refractivity contribution in [3.63, 3.8) is 0 Å². The van der Waals surface area contributed by atoms with E-state index in [1.54, 1.807) is 7.11 Å². The molecule has 142 valence electrons. The Hall–Kier alpha value is -0.680. The number of methoxy groups -OCH3 is 1. The summed E-state index contributed by atoms with van der Waals surface area (Å²) in [6, 6.07) is 0. The van der Waals surface area contributed by atoms with E-state index in [4.69, 9.17) is 4.74 Å². The SMILES string of the molecule is C=C1[C@@H](O)CC[C@@]2(C)C[C@H](OC)C3=C(C)C[C@H](O)[C@@H]([C@@H](O)[C@H]12)C3(C)C. The summed E-state index contributed by atoms with van der Waals surface area (Å²) in [5.74, 6) is -0.525. The van der Waals surface area contributed by atoms with Gasteiger partial charge in [0.15, 0.2) is 0 Å². The Labute approximate surface area is 151 Å². The van der Waals surface area contributed by atoms with E-state index in [-0.39, 0.29) is 28.8 Å². The first-order valence-corrected chi connectivity index (χ1v) is 9.50. The second-order valence-electron chi connectivity index (χ2n) is 9.39. The van der Waals surface area contributed by atoms with Gasteiger partial charge in [0.2, 0.25) is 0 Å². The van der Waals surface area contributed by atoms with Crippen molar-refractivity contribution in [2.45, 2.75) is 77.8 Å². The van der Waals surface area contributed by atoms with Gasteiger partial charge in [0.1, 0.15) is 0 Å². The minimum Gasteiger partial charge on any atom is -0.392 e. The van der Waals surface area contributed by atoms with Crippen LogP contribution in [0.3, 0.4) is 0 Å². The summed E-state index contributed by atoms with van der Waals surface area (Å²) in [6.07, 6.45) is 0.934. The highest BCUT2D eigenvalue weighted by molar-refractivity contribution is 5.33. The molecule has 2 fully saturated rings. The molecule has 4 heteroatoms. The van der Waals surface area contributed by atoms with Crippen molar-refractivity contribution >= 4 is 0 Å². The molecule has 0 saturated heterocycles. The third-order valence-electron chi connectivity index (χ3n) is 7.45. The van der Waals surface area contributed by atoms with Crippen LogP contribution in [0.1, 0.15) is 53.4 Å². The predicted molar refractivity (Wildman–Crippen MR) is 98.0 cm³/mol. The van der Waals surface area contributed by atoms with Crippen molar-refractivity contribution < 1.29 is 20.1 Å². The Morgan fingerprint density at radius 3 is 2.40 bits per heavy atom. The normalized spacial score (nSPS) is 47.1. The van der Waals surface area contributed by atoms with Gasteiger partial charge in [0.25, 0.3) is 0 Å². The summed E-state index contributed by atoms with van der Waals surface area (Å²) in [6.45, 7) is 12.6. The fraction of sp³-hybridized carbons (Fsp3) is 0.810. The van der Waals surface area contributed by atoms with Crippen LogP contribution in [-0.4, -0.2) is 46.8 Å². The Balaban J connectivity index is 2.19. The molecule has 4 nitrogen and oxygen atoms in total. The van der Waals surface area contributed by atoms with Crippen LogP contribution in [-0.2, 0) is 4.74 Å². The first-order chi connectivity index (χ1) is 11.5. The minimum absolute atomic E-state index is 0.0342. The monoisotopic (exact) mass is 350 g/mol. The number of ether oxygens (including phenoxy) is 1. The summed E-state index contributed by atoms with van der Waals surface area (Å²) in [7, 11) is 1.75. The molecule has 0 radical (unpaired) electrons. The van der Waals surface area contributed by atoms with E-state index in [9.17, 15) is 15.3 Å². The second kappa shape index (κ2) is 6.19. The number of aliphatic hydroxyl groups excluding tert-OH is 3. The lowest BCUT2D eigenvalue weighted by Gasteiger charge is -2.58. The van der Waals surface area contributed by atoms with Crippen LogP contribution in [0.2, 0.25) is 0 Å². The molecular weight excluding hydrogens is 316 g/mol. The zero-order valence-corrected chi connectivity index (χ0v) is 16.2. The Kier molecular flexibility index (Phi) is 4.73. The molecule has 3 N–H and O–H groups in total. The summed E-state index contributed by atoms with van der Waals surface area (Å²) >= 11 is 0. The fourth-order valence-corrected chi connectivity index (χ4v) is 6.36. The molecule has 0 heterocycles.